The molecule has 5 heteroatoms. The highest BCUT2D eigenvalue weighted by Gasteiger charge is 2.14. The number of hydrogen-bond acceptors (Lipinski definition) is 4. The van der Waals surface area contributed by atoms with Gasteiger partial charge in [0.05, 0.1) is 18.0 Å². The molecule has 1 heterocycles. The van der Waals surface area contributed by atoms with E-state index in [0.717, 1.165) is 12.2 Å². The minimum Gasteiger partial charge on any atom is -0.395 e. The third-order valence-electron chi connectivity index (χ3n) is 2.74. The molecule has 0 aliphatic heterocycles. The largest absolute Gasteiger partial charge is 0.395 e. The lowest BCUT2D eigenvalue weighted by atomic mass is 10.2. The van der Waals surface area contributed by atoms with Gasteiger partial charge in [0.1, 0.15) is 0 Å². The van der Waals surface area contributed by atoms with E-state index < -0.39 is 0 Å². The number of nitrogens with one attached hydrogen (secondary N) is 1. The maximum absolute atomic E-state index is 9.17. The van der Waals surface area contributed by atoms with Crippen LogP contribution in [0.4, 0.5) is 0 Å². The van der Waals surface area contributed by atoms with Crippen LogP contribution in [0, 0.1) is 6.92 Å². The molecule has 92 valence electrons. The summed E-state index contributed by atoms with van der Waals surface area (Å²) >= 11 is 1.69. The zero-order valence-electron chi connectivity index (χ0n) is 10.4. The lowest BCUT2D eigenvalue weighted by molar-refractivity contribution is 0.275. The SMILES string of the molecule is CSC(CO)C(C)NCc1cc(C)nn1C. The number of thioether (sulfide) groups is 1. The Bertz CT molecular complexity index is 323. The van der Waals surface area contributed by atoms with Crippen molar-refractivity contribution in [3.8, 4) is 0 Å². The second-order valence-electron chi connectivity index (χ2n) is 4.03. The van der Waals surface area contributed by atoms with Crippen LogP contribution in [0.15, 0.2) is 6.07 Å². The Labute approximate surface area is 101 Å². The molecule has 0 aliphatic carbocycles. The molecule has 1 aromatic heterocycles. The summed E-state index contributed by atoms with van der Waals surface area (Å²) < 4.78 is 1.89. The molecule has 4 nitrogen and oxygen atoms in total. The van der Waals surface area contributed by atoms with E-state index in [-0.39, 0.29) is 17.9 Å². The molecule has 0 aliphatic rings. The van der Waals surface area contributed by atoms with Crippen LogP contribution in [0.3, 0.4) is 0 Å². The Morgan fingerprint density at radius 3 is 2.75 bits per heavy atom. The highest BCUT2D eigenvalue weighted by Crippen LogP contribution is 2.11. The molecule has 2 unspecified atom stereocenters. The summed E-state index contributed by atoms with van der Waals surface area (Å²) in [6.07, 6.45) is 2.02. The van der Waals surface area contributed by atoms with Gasteiger partial charge in [0.2, 0.25) is 0 Å². The minimum absolute atomic E-state index is 0.208. The van der Waals surface area contributed by atoms with Gasteiger partial charge in [0.15, 0.2) is 0 Å². The zero-order valence-corrected chi connectivity index (χ0v) is 11.2. The summed E-state index contributed by atoms with van der Waals surface area (Å²) in [6.45, 7) is 5.08. The Hall–Kier alpha value is -0.520. The number of rotatable bonds is 6. The van der Waals surface area contributed by atoms with Crippen molar-refractivity contribution in [2.75, 3.05) is 12.9 Å². The standard InChI is InChI=1S/C11H21N3OS/c1-8-5-10(14(3)13-8)6-12-9(2)11(7-15)16-4/h5,9,11-12,15H,6-7H2,1-4H3. The van der Waals surface area contributed by atoms with Gasteiger partial charge in [0.25, 0.3) is 0 Å². The number of aliphatic hydroxyl groups is 1. The molecule has 2 N–H and O–H groups in total. The van der Waals surface area contributed by atoms with Gasteiger partial charge >= 0.3 is 0 Å². The molecule has 0 spiro atoms. The molecule has 1 rings (SSSR count). The van der Waals surface area contributed by atoms with Gasteiger partial charge in [-0.3, -0.25) is 4.68 Å². The summed E-state index contributed by atoms with van der Waals surface area (Å²) in [5, 5.41) is 17.1. The van der Waals surface area contributed by atoms with Gasteiger partial charge in [-0.15, -0.1) is 0 Å². The number of aromatic nitrogens is 2. The second-order valence-corrected chi connectivity index (χ2v) is 5.10. The van der Waals surface area contributed by atoms with Crippen LogP contribution in [0.5, 0.6) is 0 Å². The maximum Gasteiger partial charge on any atom is 0.0597 e. The van der Waals surface area contributed by atoms with Crippen LogP contribution >= 0.6 is 11.8 Å². The molecule has 0 radical (unpaired) electrons. The van der Waals surface area contributed by atoms with E-state index in [4.69, 9.17) is 0 Å². The Morgan fingerprint density at radius 2 is 2.31 bits per heavy atom. The molecule has 0 aromatic carbocycles. The summed E-state index contributed by atoms with van der Waals surface area (Å²) in [6, 6.07) is 2.36. The smallest absolute Gasteiger partial charge is 0.0597 e. The van der Waals surface area contributed by atoms with Crippen LogP contribution in [-0.4, -0.2) is 39.0 Å². The molecule has 16 heavy (non-hydrogen) atoms. The van der Waals surface area contributed by atoms with Crippen molar-refractivity contribution >= 4 is 11.8 Å². The molecule has 0 amide bonds. The van der Waals surface area contributed by atoms with Gasteiger partial charge in [-0.05, 0) is 26.2 Å². The van der Waals surface area contributed by atoms with E-state index in [1.165, 1.54) is 5.69 Å². The quantitative estimate of drug-likeness (QED) is 0.780. The lowest BCUT2D eigenvalue weighted by Crippen LogP contribution is -2.37. The average molecular weight is 243 g/mol. The third-order valence-corrected chi connectivity index (χ3v) is 3.91. The number of hydrogen-bond donors (Lipinski definition) is 2. The fourth-order valence-electron chi connectivity index (χ4n) is 1.66. The lowest BCUT2D eigenvalue weighted by Gasteiger charge is -2.21. The molecule has 0 bridgehead atoms. The predicted octanol–water partition coefficient (Wildman–Crippen LogP) is 0.931. The molecule has 0 saturated carbocycles. The van der Waals surface area contributed by atoms with E-state index in [0.29, 0.717) is 0 Å². The number of aliphatic hydroxyl groups excluding tert-OH is 1. The average Bonchev–Trinajstić information content (AvgIpc) is 2.56. The number of nitrogens with zero attached hydrogens (tertiary/aromatic N) is 2. The second kappa shape index (κ2) is 6.27. The maximum atomic E-state index is 9.17. The number of aryl methyl sites for hydroxylation is 2. The van der Waals surface area contributed by atoms with Crippen molar-refractivity contribution in [3.05, 3.63) is 17.5 Å². The van der Waals surface area contributed by atoms with Crippen LogP contribution in [0.2, 0.25) is 0 Å². The van der Waals surface area contributed by atoms with Gasteiger partial charge in [0, 0.05) is 24.9 Å². The fraction of sp³-hybridized carbons (Fsp3) is 0.727. The van der Waals surface area contributed by atoms with Crippen molar-refractivity contribution in [2.24, 2.45) is 7.05 Å². The molecule has 0 saturated heterocycles. The van der Waals surface area contributed by atoms with Gasteiger partial charge in [-0.25, -0.2) is 0 Å². The highest BCUT2D eigenvalue weighted by molar-refractivity contribution is 7.99. The van der Waals surface area contributed by atoms with Gasteiger partial charge in [-0.2, -0.15) is 16.9 Å². The topological polar surface area (TPSA) is 50.1 Å². The first kappa shape index (κ1) is 13.5. The summed E-state index contributed by atoms with van der Waals surface area (Å²) in [7, 11) is 1.95. The minimum atomic E-state index is 0.208. The van der Waals surface area contributed by atoms with E-state index in [2.05, 4.69) is 23.4 Å². The third kappa shape index (κ3) is 3.50. The van der Waals surface area contributed by atoms with Gasteiger partial charge < -0.3 is 10.4 Å². The monoisotopic (exact) mass is 243 g/mol. The first-order valence-corrected chi connectivity index (χ1v) is 6.73. The Kier molecular flexibility index (Phi) is 5.31. The van der Waals surface area contributed by atoms with Crippen LogP contribution in [-0.2, 0) is 13.6 Å². The summed E-state index contributed by atoms with van der Waals surface area (Å²) in [5.74, 6) is 0. The molecule has 2 atom stereocenters. The van der Waals surface area contributed by atoms with E-state index in [9.17, 15) is 5.11 Å². The normalized spacial score (nSPS) is 15.1. The molecule has 1 aromatic rings. The van der Waals surface area contributed by atoms with Crippen molar-refractivity contribution in [1.82, 2.24) is 15.1 Å². The van der Waals surface area contributed by atoms with Crippen molar-refractivity contribution < 1.29 is 5.11 Å². The summed E-state index contributed by atoms with van der Waals surface area (Å²) in [5.41, 5.74) is 2.21. The van der Waals surface area contributed by atoms with E-state index >= 15 is 0 Å². The van der Waals surface area contributed by atoms with E-state index in [1.54, 1.807) is 11.8 Å². The predicted molar refractivity (Wildman–Crippen MR) is 68.6 cm³/mol. The fourth-order valence-corrected chi connectivity index (χ4v) is 2.32. The first-order chi connectivity index (χ1) is 7.58. The van der Waals surface area contributed by atoms with Crippen molar-refractivity contribution in [3.63, 3.8) is 0 Å². The Balaban J connectivity index is 2.48. The molecular formula is C11H21N3OS. The highest BCUT2D eigenvalue weighted by atomic mass is 32.2. The van der Waals surface area contributed by atoms with Gasteiger partial charge in [-0.1, -0.05) is 0 Å². The van der Waals surface area contributed by atoms with Crippen LogP contribution in [0.1, 0.15) is 18.3 Å². The van der Waals surface area contributed by atoms with Crippen molar-refractivity contribution in [2.45, 2.75) is 31.7 Å². The van der Waals surface area contributed by atoms with Crippen LogP contribution in [0.25, 0.3) is 0 Å². The van der Waals surface area contributed by atoms with Crippen molar-refractivity contribution in [1.29, 1.82) is 0 Å². The zero-order chi connectivity index (χ0) is 12.1. The van der Waals surface area contributed by atoms with Crippen LogP contribution < -0.4 is 5.32 Å². The van der Waals surface area contributed by atoms with E-state index in [1.807, 2.05) is 24.9 Å². The molecular weight excluding hydrogens is 222 g/mol. The summed E-state index contributed by atoms with van der Waals surface area (Å²) in [4.78, 5) is 0. The molecule has 0 fully saturated rings. The Morgan fingerprint density at radius 1 is 1.62 bits per heavy atom. The first-order valence-electron chi connectivity index (χ1n) is 5.45.